The van der Waals surface area contributed by atoms with Crippen LogP contribution < -0.4 is 5.56 Å². The molecule has 1 saturated heterocycles. The van der Waals surface area contributed by atoms with Gasteiger partial charge in [-0.25, -0.2) is 0 Å². The zero-order chi connectivity index (χ0) is 15.0. The molecule has 1 aliphatic rings. The molecule has 112 valence electrons. The molecule has 0 radical (unpaired) electrons. The fourth-order valence-corrected chi connectivity index (χ4v) is 3.37. The van der Waals surface area contributed by atoms with Crippen molar-refractivity contribution in [1.29, 1.82) is 0 Å². The highest BCUT2D eigenvalue weighted by Gasteiger charge is 2.25. The molecule has 0 spiro atoms. The van der Waals surface area contributed by atoms with E-state index in [0.29, 0.717) is 10.4 Å². The van der Waals surface area contributed by atoms with E-state index in [2.05, 4.69) is 9.88 Å². The van der Waals surface area contributed by atoms with Crippen LogP contribution in [0.3, 0.4) is 0 Å². The second kappa shape index (κ2) is 5.79. The summed E-state index contributed by atoms with van der Waals surface area (Å²) < 4.78 is 0. The van der Waals surface area contributed by atoms with Crippen molar-refractivity contribution in [1.82, 2.24) is 9.88 Å². The maximum Gasteiger partial charge on any atom is 0.256 e. The Morgan fingerprint density at radius 3 is 3.00 bits per heavy atom. The number of benzene rings is 1. The molecule has 0 aliphatic carbocycles. The number of aromatic amines is 1. The summed E-state index contributed by atoms with van der Waals surface area (Å²) >= 11 is 6.00. The van der Waals surface area contributed by atoms with Crippen molar-refractivity contribution in [2.24, 2.45) is 0 Å². The van der Waals surface area contributed by atoms with Crippen LogP contribution in [0.2, 0.25) is 5.02 Å². The lowest BCUT2D eigenvalue weighted by Gasteiger charge is -2.24. The number of hydrogen-bond donors (Lipinski definition) is 2. The van der Waals surface area contributed by atoms with E-state index in [4.69, 9.17) is 11.6 Å². The summed E-state index contributed by atoms with van der Waals surface area (Å²) in [5, 5.41) is 11.6. The van der Waals surface area contributed by atoms with Crippen LogP contribution in [0.5, 0.6) is 0 Å². The van der Waals surface area contributed by atoms with Gasteiger partial charge in [0.2, 0.25) is 0 Å². The molecular formula is C16H19ClN2O2. The molecule has 1 fully saturated rings. The van der Waals surface area contributed by atoms with E-state index in [0.717, 1.165) is 42.6 Å². The maximum absolute atomic E-state index is 12.1. The topological polar surface area (TPSA) is 56.3 Å². The highest BCUT2D eigenvalue weighted by molar-refractivity contribution is 6.31. The summed E-state index contributed by atoms with van der Waals surface area (Å²) in [4.78, 5) is 17.3. The molecule has 21 heavy (non-hydrogen) atoms. The summed E-state index contributed by atoms with van der Waals surface area (Å²) in [5.74, 6) is 0. The molecule has 1 aliphatic heterocycles. The van der Waals surface area contributed by atoms with Crippen LogP contribution in [0.4, 0.5) is 0 Å². The van der Waals surface area contributed by atoms with Crippen molar-refractivity contribution < 1.29 is 5.11 Å². The summed E-state index contributed by atoms with van der Waals surface area (Å²) in [6, 6.07) is 5.67. The third-order valence-corrected chi connectivity index (χ3v) is 4.61. The van der Waals surface area contributed by atoms with Gasteiger partial charge in [-0.15, -0.1) is 0 Å². The molecular weight excluding hydrogens is 288 g/mol. The zero-order valence-corrected chi connectivity index (χ0v) is 12.8. The number of aliphatic hydroxyl groups excluding tert-OH is 1. The Bertz CT molecular complexity index is 726. The molecule has 0 unspecified atom stereocenters. The summed E-state index contributed by atoms with van der Waals surface area (Å²) in [6.45, 7) is 3.84. The molecule has 1 aromatic heterocycles. The van der Waals surface area contributed by atoms with Crippen molar-refractivity contribution in [3.8, 4) is 0 Å². The fraction of sp³-hybridized carbons (Fsp3) is 0.438. The molecule has 1 atom stereocenters. The van der Waals surface area contributed by atoms with Crippen LogP contribution in [0, 0.1) is 6.92 Å². The summed E-state index contributed by atoms with van der Waals surface area (Å²) in [5.41, 5.74) is 1.90. The molecule has 1 aromatic carbocycles. The highest BCUT2D eigenvalue weighted by Crippen LogP contribution is 2.26. The summed E-state index contributed by atoms with van der Waals surface area (Å²) in [7, 11) is 0. The van der Waals surface area contributed by atoms with Crippen LogP contribution >= 0.6 is 11.6 Å². The molecule has 4 nitrogen and oxygen atoms in total. The van der Waals surface area contributed by atoms with E-state index in [9.17, 15) is 9.90 Å². The number of aryl methyl sites for hydroxylation is 1. The number of aromatic nitrogens is 1. The van der Waals surface area contributed by atoms with Crippen molar-refractivity contribution in [2.45, 2.75) is 32.4 Å². The van der Waals surface area contributed by atoms with Crippen LogP contribution in [-0.2, 0) is 6.54 Å². The molecule has 0 saturated carbocycles. The number of rotatable bonds is 3. The molecule has 2 aromatic rings. The van der Waals surface area contributed by atoms with Gasteiger partial charge in [0.15, 0.2) is 0 Å². The first-order valence-corrected chi connectivity index (χ1v) is 7.64. The number of nitrogens with zero attached hydrogens (tertiary/aromatic N) is 1. The molecule has 2 N–H and O–H groups in total. The second-order valence-electron chi connectivity index (χ2n) is 5.70. The van der Waals surface area contributed by atoms with Crippen LogP contribution in [0.15, 0.2) is 23.0 Å². The Balaban J connectivity index is 2.07. The van der Waals surface area contributed by atoms with Gasteiger partial charge in [-0.1, -0.05) is 17.7 Å². The first kappa shape index (κ1) is 14.6. The Morgan fingerprint density at radius 2 is 2.24 bits per heavy atom. The van der Waals surface area contributed by atoms with Gasteiger partial charge < -0.3 is 10.1 Å². The van der Waals surface area contributed by atoms with E-state index < -0.39 is 0 Å². The number of H-pyrrole nitrogens is 1. The lowest BCUT2D eigenvalue weighted by Crippen LogP contribution is -2.32. The van der Waals surface area contributed by atoms with Gasteiger partial charge in [0.05, 0.1) is 6.61 Å². The monoisotopic (exact) mass is 306 g/mol. The average molecular weight is 307 g/mol. The van der Waals surface area contributed by atoms with Crippen LogP contribution in [-0.4, -0.2) is 34.2 Å². The van der Waals surface area contributed by atoms with Gasteiger partial charge in [0, 0.05) is 28.7 Å². The quantitative estimate of drug-likeness (QED) is 0.916. The van der Waals surface area contributed by atoms with E-state index in [1.807, 2.05) is 19.1 Å². The van der Waals surface area contributed by atoms with Crippen molar-refractivity contribution >= 4 is 22.4 Å². The molecule has 5 heteroatoms. The van der Waals surface area contributed by atoms with Crippen molar-refractivity contribution in [3.63, 3.8) is 0 Å². The lowest BCUT2D eigenvalue weighted by molar-refractivity contribution is 0.153. The third kappa shape index (κ3) is 2.71. The minimum atomic E-state index is -0.103. The fourth-order valence-electron chi connectivity index (χ4n) is 3.20. The van der Waals surface area contributed by atoms with E-state index in [-0.39, 0.29) is 18.2 Å². The number of hydrogen-bond acceptors (Lipinski definition) is 3. The van der Waals surface area contributed by atoms with E-state index in [1.54, 1.807) is 6.07 Å². The van der Waals surface area contributed by atoms with Crippen molar-refractivity contribution in [3.05, 3.63) is 44.8 Å². The Morgan fingerprint density at radius 1 is 1.43 bits per heavy atom. The summed E-state index contributed by atoms with van der Waals surface area (Å²) in [6.07, 6.45) is 2.14. The lowest BCUT2D eigenvalue weighted by atomic mass is 10.0. The Hall–Kier alpha value is -1.36. The first-order valence-electron chi connectivity index (χ1n) is 7.26. The van der Waals surface area contributed by atoms with Gasteiger partial charge in [-0.2, -0.15) is 0 Å². The third-order valence-electron chi connectivity index (χ3n) is 4.38. The minimum Gasteiger partial charge on any atom is -0.395 e. The van der Waals surface area contributed by atoms with Crippen molar-refractivity contribution in [2.75, 3.05) is 13.2 Å². The molecule has 2 heterocycles. The number of nitrogens with one attached hydrogen (secondary N) is 1. The highest BCUT2D eigenvalue weighted by atomic mass is 35.5. The van der Waals surface area contributed by atoms with Gasteiger partial charge in [0.1, 0.15) is 0 Å². The smallest absolute Gasteiger partial charge is 0.256 e. The number of pyridine rings is 1. The number of fused-ring (bicyclic) bond motifs is 1. The number of halogens is 1. The average Bonchev–Trinajstić information content (AvgIpc) is 2.91. The predicted molar refractivity (Wildman–Crippen MR) is 84.8 cm³/mol. The van der Waals surface area contributed by atoms with Gasteiger partial charge in [-0.05, 0) is 49.4 Å². The van der Waals surface area contributed by atoms with Gasteiger partial charge in [-0.3, -0.25) is 9.69 Å². The standard InChI is InChI=1S/C16H19ClN2O2/c1-10-15(8-19-6-2-3-12(19)9-20)13-5-4-11(17)7-14(13)16(21)18-10/h4-5,7,12,20H,2-3,6,8-9H2,1H3,(H,18,21)/t12-/m1/s1. The number of likely N-dealkylation sites (tertiary alicyclic amines) is 1. The second-order valence-corrected chi connectivity index (χ2v) is 6.13. The number of aliphatic hydroxyl groups is 1. The maximum atomic E-state index is 12.1. The predicted octanol–water partition coefficient (Wildman–Crippen LogP) is 2.45. The molecule has 0 bridgehead atoms. The minimum absolute atomic E-state index is 0.103. The van der Waals surface area contributed by atoms with E-state index in [1.165, 1.54) is 0 Å². The first-order chi connectivity index (χ1) is 10.1. The molecule has 0 amide bonds. The Labute approximate surface area is 128 Å². The Kier molecular flexibility index (Phi) is 4.02. The van der Waals surface area contributed by atoms with E-state index >= 15 is 0 Å². The molecule has 3 rings (SSSR count). The largest absolute Gasteiger partial charge is 0.395 e. The van der Waals surface area contributed by atoms with Crippen LogP contribution in [0.25, 0.3) is 10.8 Å². The van der Waals surface area contributed by atoms with Crippen LogP contribution in [0.1, 0.15) is 24.1 Å². The van der Waals surface area contributed by atoms with Gasteiger partial charge >= 0.3 is 0 Å². The normalized spacial score (nSPS) is 19.5. The van der Waals surface area contributed by atoms with Gasteiger partial charge in [0.25, 0.3) is 5.56 Å². The zero-order valence-electron chi connectivity index (χ0n) is 12.0. The SMILES string of the molecule is Cc1[nH]c(=O)c2cc(Cl)ccc2c1CN1CCC[C@@H]1CO.